The summed E-state index contributed by atoms with van der Waals surface area (Å²) in [6.45, 7) is 1.98. The van der Waals surface area contributed by atoms with Crippen LogP contribution < -0.4 is 20.7 Å². The number of carbonyl (C=O) groups is 1. The van der Waals surface area contributed by atoms with E-state index < -0.39 is 5.25 Å². The molecule has 4 aromatic carbocycles. The molecule has 0 radical (unpaired) electrons. The number of hydrogen-bond donors (Lipinski definition) is 3. The first-order valence-corrected chi connectivity index (χ1v) is 12.7. The van der Waals surface area contributed by atoms with E-state index in [0.717, 1.165) is 33.1 Å². The van der Waals surface area contributed by atoms with Gasteiger partial charge in [-0.15, -0.1) is 11.8 Å². The number of hydrogen-bond acceptors (Lipinski definition) is 4. The van der Waals surface area contributed by atoms with Crippen molar-refractivity contribution in [2.75, 3.05) is 23.1 Å². The Morgan fingerprint density at radius 3 is 2.25 bits per heavy atom. The second kappa shape index (κ2) is 12.2. The topological polar surface area (TPSA) is 62.4 Å². The second-order valence-electron chi connectivity index (χ2n) is 8.02. The van der Waals surface area contributed by atoms with Gasteiger partial charge < -0.3 is 20.7 Å². The Balaban J connectivity index is 1.50. The lowest BCUT2D eigenvalue weighted by molar-refractivity contribution is -0.115. The van der Waals surface area contributed by atoms with Crippen LogP contribution in [-0.4, -0.2) is 18.1 Å². The van der Waals surface area contributed by atoms with Crippen LogP contribution in [-0.2, 0) is 4.79 Å². The summed E-state index contributed by atoms with van der Waals surface area (Å²) in [5, 5.41) is 9.50. The lowest BCUT2D eigenvalue weighted by atomic mass is 10.1. The molecule has 7 heteroatoms. The van der Waals surface area contributed by atoms with E-state index in [9.17, 15) is 4.79 Å². The number of nitrogens with one attached hydrogen (secondary N) is 3. The third kappa shape index (κ3) is 6.65. The monoisotopic (exact) mass is 513 g/mol. The van der Waals surface area contributed by atoms with Crippen molar-refractivity contribution in [3.8, 4) is 5.75 Å². The summed E-state index contributed by atoms with van der Waals surface area (Å²) in [4.78, 5) is 14.3. The fourth-order valence-electron chi connectivity index (χ4n) is 3.63. The third-order valence-corrected chi connectivity index (χ3v) is 6.90. The molecule has 1 atom stereocenters. The number of thiocarbonyl (C=S) groups is 1. The number of methoxy groups -OCH3 is 1. The minimum absolute atomic E-state index is 0.0766. The van der Waals surface area contributed by atoms with Gasteiger partial charge in [-0.1, -0.05) is 66.7 Å². The number of benzene rings is 4. The van der Waals surface area contributed by atoms with E-state index in [1.54, 1.807) is 7.11 Å². The molecule has 36 heavy (non-hydrogen) atoms. The molecule has 0 aromatic heterocycles. The van der Waals surface area contributed by atoms with Gasteiger partial charge in [-0.25, -0.2) is 0 Å². The van der Waals surface area contributed by atoms with Gasteiger partial charge in [0.15, 0.2) is 5.11 Å². The normalized spacial score (nSPS) is 11.3. The summed E-state index contributed by atoms with van der Waals surface area (Å²) in [5.41, 5.74) is 4.36. The summed E-state index contributed by atoms with van der Waals surface area (Å²) < 4.78 is 5.38. The third-order valence-electron chi connectivity index (χ3n) is 5.44. The van der Waals surface area contributed by atoms with Crippen LogP contribution >= 0.6 is 24.0 Å². The van der Waals surface area contributed by atoms with Gasteiger partial charge in [-0.05, 0) is 66.7 Å². The van der Waals surface area contributed by atoms with Gasteiger partial charge in [0.2, 0.25) is 5.91 Å². The quantitative estimate of drug-likeness (QED) is 0.170. The van der Waals surface area contributed by atoms with Crippen molar-refractivity contribution in [1.82, 2.24) is 0 Å². The predicted molar refractivity (Wildman–Crippen MR) is 154 cm³/mol. The maximum atomic E-state index is 13.4. The number of carbonyl (C=O) groups excluding carboxylic acids is 1. The van der Waals surface area contributed by atoms with Gasteiger partial charge in [-0.3, -0.25) is 4.79 Å². The van der Waals surface area contributed by atoms with Gasteiger partial charge in [0.25, 0.3) is 0 Å². The lowest BCUT2D eigenvalue weighted by Gasteiger charge is -2.19. The SMILES string of the molecule is COc1ccccc1NC(=S)Nc1cccc(SC(C(=O)Nc2ccccc2C)c2ccccc2)c1. The smallest absolute Gasteiger partial charge is 0.242 e. The van der Waals surface area contributed by atoms with E-state index in [1.165, 1.54) is 11.8 Å². The highest BCUT2D eigenvalue weighted by molar-refractivity contribution is 8.00. The molecule has 1 unspecified atom stereocenters. The zero-order valence-electron chi connectivity index (χ0n) is 20.0. The van der Waals surface area contributed by atoms with Crippen LogP contribution in [0.3, 0.4) is 0 Å². The molecular weight excluding hydrogens is 486 g/mol. The standard InChI is InChI=1S/C29H27N3O2S2/c1-20-11-6-7-16-24(20)31-28(33)27(21-12-4-3-5-13-21)36-23-15-10-14-22(19-23)30-29(35)32-25-17-8-9-18-26(25)34-2/h3-19,27H,1-2H3,(H,31,33)(H2,30,32,35). The zero-order valence-corrected chi connectivity index (χ0v) is 21.7. The van der Waals surface area contributed by atoms with Crippen molar-refractivity contribution >= 4 is 52.1 Å². The van der Waals surface area contributed by atoms with Crippen molar-refractivity contribution in [2.24, 2.45) is 0 Å². The maximum Gasteiger partial charge on any atom is 0.242 e. The second-order valence-corrected chi connectivity index (χ2v) is 9.61. The molecule has 3 N–H and O–H groups in total. The van der Waals surface area contributed by atoms with Crippen LogP contribution in [0.4, 0.5) is 17.1 Å². The van der Waals surface area contributed by atoms with Crippen molar-refractivity contribution in [3.63, 3.8) is 0 Å². The molecule has 0 aliphatic heterocycles. The van der Waals surface area contributed by atoms with Crippen LogP contribution in [0, 0.1) is 6.92 Å². The van der Waals surface area contributed by atoms with Crippen LogP contribution in [0.5, 0.6) is 5.75 Å². The molecule has 1 amide bonds. The first kappa shape index (κ1) is 25.3. The molecule has 0 saturated heterocycles. The highest BCUT2D eigenvalue weighted by Crippen LogP contribution is 2.37. The molecule has 0 heterocycles. The van der Waals surface area contributed by atoms with E-state index in [-0.39, 0.29) is 5.91 Å². The first-order chi connectivity index (χ1) is 17.5. The average molecular weight is 514 g/mol. The van der Waals surface area contributed by atoms with Crippen molar-refractivity contribution in [1.29, 1.82) is 0 Å². The molecule has 4 rings (SSSR count). The number of ether oxygens (including phenoxy) is 1. The predicted octanol–water partition coefficient (Wildman–Crippen LogP) is 7.28. The fourth-order valence-corrected chi connectivity index (χ4v) is 4.94. The average Bonchev–Trinajstić information content (AvgIpc) is 2.89. The van der Waals surface area contributed by atoms with Crippen LogP contribution in [0.1, 0.15) is 16.4 Å². The molecule has 182 valence electrons. The van der Waals surface area contributed by atoms with Gasteiger partial charge in [0, 0.05) is 16.3 Å². The molecule has 4 aromatic rings. The van der Waals surface area contributed by atoms with Crippen molar-refractivity contribution in [2.45, 2.75) is 17.1 Å². The van der Waals surface area contributed by atoms with Crippen LogP contribution in [0.25, 0.3) is 0 Å². The Morgan fingerprint density at radius 2 is 1.50 bits per heavy atom. The number of amides is 1. The van der Waals surface area contributed by atoms with Gasteiger partial charge in [0.05, 0.1) is 12.8 Å². The number of rotatable bonds is 8. The summed E-state index contributed by atoms with van der Waals surface area (Å²) >= 11 is 7.00. The first-order valence-electron chi connectivity index (χ1n) is 11.4. The Labute approximate surface area is 221 Å². The molecule has 0 fully saturated rings. The van der Waals surface area contributed by atoms with E-state index in [4.69, 9.17) is 17.0 Å². The van der Waals surface area contributed by atoms with E-state index in [2.05, 4.69) is 16.0 Å². The molecule has 5 nitrogen and oxygen atoms in total. The van der Waals surface area contributed by atoms with E-state index in [0.29, 0.717) is 10.9 Å². The van der Waals surface area contributed by atoms with Crippen LogP contribution in [0.15, 0.2) is 108 Å². The molecule has 0 bridgehead atoms. The van der Waals surface area contributed by atoms with Crippen LogP contribution in [0.2, 0.25) is 0 Å². The van der Waals surface area contributed by atoms with E-state index in [1.807, 2.05) is 110 Å². The maximum absolute atomic E-state index is 13.4. The summed E-state index contributed by atoms with van der Waals surface area (Å²) in [6, 6.07) is 33.0. The van der Waals surface area contributed by atoms with Crippen molar-refractivity contribution < 1.29 is 9.53 Å². The minimum Gasteiger partial charge on any atom is -0.495 e. The lowest BCUT2D eigenvalue weighted by Crippen LogP contribution is -2.20. The number of para-hydroxylation sites is 3. The molecule has 0 aliphatic rings. The fraction of sp³-hybridized carbons (Fsp3) is 0.103. The molecule has 0 spiro atoms. The largest absolute Gasteiger partial charge is 0.495 e. The van der Waals surface area contributed by atoms with Gasteiger partial charge >= 0.3 is 0 Å². The summed E-state index contributed by atoms with van der Waals surface area (Å²) in [5.74, 6) is 0.628. The van der Waals surface area contributed by atoms with E-state index >= 15 is 0 Å². The summed E-state index contributed by atoms with van der Waals surface area (Å²) in [7, 11) is 1.62. The minimum atomic E-state index is -0.431. The van der Waals surface area contributed by atoms with Crippen molar-refractivity contribution in [3.05, 3.63) is 114 Å². The zero-order chi connectivity index (χ0) is 25.3. The van der Waals surface area contributed by atoms with Gasteiger partial charge in [0.1, 0.15) is 11.0 Å². The molecule has 0 aliphatic carbocycles. The summed E-state index contributed by atoms with van der Waals surface area (Å²) in [6.07, 6.45) is 0. The number of thioether (sulfide) groups is 1. The Hall–Kier alpha value is -3.81. The highest BCUT2D eigenvalue weighted by Gasteiger charge is 2.23. The Kier molecular flexibility index (Phi) is 8.60. The number of anilines is 3. The van der Waals surface area contributed by atoms with Gasteiger partial charge in [-0.2, -0.15) is 0 Å². The number of aryl methyl sites for hydroxylation is 1. The molecule has 0 saturated carbocycles. The Morgan fingerprint density at radius 1 is 0.806 bits per heavy atom. The molecular formula is C29H27N3O2S2. The Bertz CT molecular complexity index is 1350. The highest BCUT2D eigenvalue weighted by atomic mass is 32.2.